The molecule has 0 atom stereocenters. The van der Waals surface area contributed by atoms with Crippen LogP contribution in [0.2, 0.25) is 0 Å². The van der Waals surface area contributed by atoms with Crippen LogP contribution in [0.3, 0.4) is 0 Å². The van der Waals surface area contributed by atoms with Gasteiger partial charge in [0, 0.05) is 11.9 Å². The molecule has 0 aliphatic rings. The number of rotatable bonds is 7. The monoisotopic (exact) mass is 383 g/mol. The van der Waals surface area contributed by atoms with E-state index in [1.807, 2.05) is 18.2 Å². The molecule has 3 rings (SSSR count). The van der Waals surface area contributed by atoms with E-state index in [0.717, 1.165) is 0 Å². The van der Waals surface area contributed by atoms with E-state index in [2.05, 4.69) is 20.5 Å². The molecule has 0 aliphatic carbocycles. The first-order valence-electron chi connectivity index (χ1n) is 8.18. The van der Waals surface area contributed by atoms with Crippen molar-refractivity contribution < 1.29 is 14.3 Å². The predicted octanol–water partition coefficient (Wildman–Crippen LogP) is 2.57. The number of aromatic nitrogens is 4. The Kier molecular flexibility index (Phi) is 6.16. The molecule has 0 aliphatic heterocycles. The Labute approximate surface area is 160 Å². The van der Waals surface area contributed by atoms with Crippen LogP contribution in [0.1, 0.15) is 17.3 Å². The molecular formula is C18H17N5O3S. The first-order chi connectivity index (χ1) is 13.2. The van der Waals surface area contributed by atoms with Crippen molar-refractivity contribution in [1.29, 1.82) is 0 Å². The van der Waals surface area contributed by atoms with Crippen LogP contribution in [0.15, 0.2) is 60.1 Å². The molecule has 0 fully saturated rings. The van der Waals surface area contributed by atoms with E-state index < -0.39 is 0 Å². The zero-order valence-corrected chi connectivity index (χ0v) is 15.3. The van der Waals surface area contributed by atoms with Gasteiger partial charge in [-0.3, -0.25) is 9.36 Å². The van der Waals surface area contributed by atoms with Crippen molar-refractivity contribution in [1.82, 2.24) is 19.7 Å². The smallest absolute Gasteiger partial charge is 0.338 e. The minimum Gasteiger partial charge on any atom is -0.462 e. The molecule has 2 heterocycles. The van der Waals surface area contributed by atoms with Gasteiger partial charge in [0.15, 0.2) is 5.16 Å². The summed E-state index contributed by atoms with van der Waals surface area (Å²) in [5, 5.41) is 11.3. The number of ether oxygens (including phenoxy) is 1. The second-order valence-electron chi connectivity index (χ2n) is 5.31. The average molecular weight is 383 g/mol. The minimum atomic E-state index is -0.389. The number of amides is 1. The van der Waals surface area contributed by atoms with Gasteiger partial charge in [-0.05, 0) is 43.3 Å². The van der Waals surface area contributed by atoms with E-state index in [-0.39, 0.29) is 17.6 Å². The lowest BCUT2D eigenvalue weighted by Gasteiger charge is -2.07. The van der Waals surface area contributed by atoms with Crippen molar-refractivity contribution in [2.75, 3.05) is 17.7 Å². The molecule has 0 radical (unpaired) electrons. The quantitative estimate of drug-likeness (QED) is 0.494. The van der Waals surface area contributed by atoms with Crippen LogP contribution in [-0.4, -0.2) is 44.0 Å². The summed E-state index contributed by atoms with van der Waals surface area (Å²) in [5.41, 5.74) is 1.03. The fourth-order valence-corrected chi connectivity index (χ4v) is 2.92. The molecule has 8 nitrogen and oxygen atoms in total. The van der Waals surface area contributed by atoms with E-state index in [4.69, 9.17) is 4.74 Å². The van der Waals surface area contributed by atoms with E-state index in [9.17, 15) is 9.59 Å². The van der Waals surface area contributed by atoms with Crippen LogP contribution in [0.4, 0.5) is 5.69 Å². The van der Waals surface area contributed by atoms with Gasteiger partial charge >= 0.3 is 5.97 Å². The number of nitrogens with zero attached hydrogens (tertiary/aromatic N) is 4. The van der Waals surface area contributed by atoms with Gasteiger partial charge in [-0.1, -0.05) is 17.8 Å². The number of benzene rings is 1. The number of carbonyl (C=O) groups is 2. The third-order valence-electron chi connectivity index (χ3n) is 3.42. The predicted molar refractivity (Wildman–Crippen MR) is 101 cm³/mol. The molecule has 0 unspecified atom stereocenters. The SMILES string of the molecule is CCOC(=O)c1ccc(NC(=O)CSc2nncn2-c2ccccn2)cc1. The second kappa shape index (κ2) is 8.95. The zero-order valence-electron chi connectivity index (χ0n) is 14.5. The summed E-state index contributed by atoms with van der Waals surface area (Å²) < 4.78 is 6.64. The van der Waals surface area contributed by atoms with Crippen molar-refractivity contribution in [3.05, 3.63) is 60.6 Å². The Morgan fingerprint density at radius 2 is 2.00 bits per heavy atom. The minimum absolute atomic E-state index is 0.158. The third kappa shape index (κ3) is 4.91. The van der Waals surface area contributed by atoms with Crippen LogP contribution in [0, 0.1) is 0 Å². The molecule has 27 heavy (non-hydrogen) atoms. The molecule has 1 N–H and O–H groups in total. The number of hydrogen-bond acceptors (Lipinski definition) is 7. The molecule has 0 saturated carbocycles. The number of esters is 1. The van der Waals surface area contributed by atoms with E-state index in [1.165, 1.54) is 11.8 Å². The van der Waals surface area contributed by atoms with Crippen molar-refractivity contribution >= 4 is 29.3 Å². The highest BCUT2D eigenvalue weighted by molar-refractivity contribution is 7.99. The number of anilines is 1. The lowest BCUT2D eigenvalue weighted by Crippen LogP contribution is -2.14. The molecule has 9 heteroatoms. The number of nitrogens with one attached hydrogen (secondary N) is 1. The van der Waals surface area contributed by atoms with Crippen molar-refractivity contribution in [3.8, 4) is 5.82 Å². The van der Waals surface area contributed by atoms with Gasteiger partial charge in [-0.25, -0.2) is 9.78 Å². The lowest BCUT2D eigenvalue weighted by molar-refractivity contribution is -0.113. The number of hydrogen-bond donors (Lipinski definition) is 1. The first kappa shape index (κ1) is 18.6. The Balaban J connectivity index is 1.56. The highest BCUT2D eigenvalue weighted by Crippen LogP contribution is 2.18. The zero-order chi connectivity index (χ0) is 19.1. The molecule has 0 bridgehead atoms. The molecule has 3 aromatic rings. The highest BCUT2D eigenvalue weighted by atomic mass is 32.2. The second-order valence-corrected chi connectivity index (χ2v) is 6.25. The van der Waals surface area contributed by atoms with E-state index in [1.54, 1.807) is 48.3 Å². The van der Waals surface area contributed by atoms with Crippen LogP contribution < -0.4 is 5.32 Å². The summed E-state index contributed by atoms with van der Waals surface area (Å²) in [7, 11) is 0. The molecular weight excluding hydrogens is 366 g/mol. The first-order valence-corrected chi connectivity index (χ1v) is 9.17. The van der Waals surface area contributed by atoms with Crippen molar-refractivity contribution in [2.45, 2.75) is 12.1 Å². The summed E-state index contributed by atoms with van der Waals surface area (Å²) >= 11 is 1.25. The van der Waals surface area contributed by atoms with Gasteiger partial charge in [-0.15, -0.1) is 10.2 Å². The Morgan fingerprint density at radius 1 is 1.19 bits per heavy atom. The topological polar surface area (TPSA) is 99.0 Å². The number of pyridine rings is 1. The van der Waals surface area contributed by atoms with Gasteiger partial charge in [-0.2, -0.15) is 0 Å². The number of thioether (sulfide) groups is 1. The van der Waals surface area contributed by atoms with Crippen molar-refractivity contribution in [3.63, 3.8) is 0 Å². The molecule has 138 valence electrons. The summed E-state index contributed by atoms with van der Waals surface area (Å²) in [6, 6.07) is 12.1. The third-order valence-corrected chi connectivity index (χ3v) is 4.37. The van der Waals surface area contributed by atoms with Crippen LogP contribution in [0.5, 0.6) is 0 Å². The summed E-state index contributed by atoms with van der Waals surface area (Å²) in [4.78, 5) is 28.1. The Hall–Kier alpha value is -3.20. The largest absolute Gasteiger partial charge is 0.462 e. The summed E-state index contributed by atoms with van der Waals surface area (Å²) in [6.07, 6.45) is 3.23. The van der Waals surface area contributed by atoms with Crippen LogP contribution in [0.25, 0.3) is 5.82 Å². The van der Waals surface area contributed by atoms with E-state index >= 15 is 0 Å². The molecule has 1 amide bonds. The molecule has 0 saturated heterocycles. The van der Waals surface area contributed by atoms with Gasteiger partial charge in [0.2, 0.25) is 5.91 Å². The maximum Gasteiger partial charge on any atom is 0.338 e. The fourth-order valence-electron chi connectivity index (χ4n) is 2.21. The summed E-state index contributed by atoms with van der Waals surface area (Å²) in [5.74, 6) is 0.254. The van der Waals surface area contributed by atoms with Gasteiger partial charge < -0.3 is 10.1 Å². The van der Waals surface area contributed by atoms with Crippen LogP contribution >= 0.6 is 11.8 Å². The lowest BCUT2D eigenvalue weighted by atomic mass is 10.2. The Morgan fingerprint density at radius 3 is 2.70 bits per heavy atom. The van der Waals surface area contributed by atoms with Crippen molar-refractivity contribution in [2.24, 2.45) is 0 Å². The van der Waals surface area contributed by atoms with Crippen LogP contribution in [-0.2, 0) is 9.53 Å². The summed E-state index contributed by atoms with van der Waals surface area (Å²) in [6.45, 7) is 2.07. The molecule has 1 aromatic carbocycles. The van der Waals surface area contributed by atoms with Gasteiger partial charge in [0.05, 0.1) is 17.9 Å². The molecule has 2 aromatic heterocycles. The fraction of sp³-hybridized carbons (Fsp3) is 0.167. The molecule has 0 spiro atoms. The Bertz CT molecular complexity index is 912. The average Bonchev–Trinajstić information content (AvgIpc) is 3.16. The highest BCUT2D eigenvalue weighted by Gasteiger charge is 2.11. The van der Waals surface area contributed by atoms with E-state index in [0.29, 0.717) is 28.8 Å². The van der Waals surface area contributed by atoms with Gasteiger partial charge in [0.25, 0.3) is 0 Å². The maximum atomic E-state index is 12.2. The standard InChI is InChI=1S/C18H17N5O3S/c1-2-26-17(25)13-6-8-14(9-7-13)21-16(24)11-27-18-22-20-12-23(18)15-5-3-4-10-19-15/h3-10,12H,2,11H2,1H3,(H,21,24). The normalized spacial score (nSPS) is 10.4. The van der Waals surface area contributed by atoms with Gasteiger partial charge in [0.1, 0.15) is 12.1 Å². The number of carbonyl (C=O) groups excluding carboxylic acids is 2. The maximum absolute atomic E-state index is 12.2.